The minimum Gasteiger partial charge on any atom is -0.493 e. The van der Waals surface area contributed by atoms with Crippen LogP contribution in [0.5, 0.6) is 11.5 Å². The Morgan fingerprint density at radius 3 is 2.29 bits per heavy atom. The molecule has 1 amide bonds. The Balaban J connectivity index is 1.45. The summed E-state index contributed by atoms with van der Waals surface area (Å²) in [6.07, 6.45) is -0.395. The van der Waals surface area contributed by atoms with E-state index in [4.69, 9.17) is 18.6 Å². The van der Waals surface area contributed by atoms with Crippen molar-refractivity contribution < 1.29 is 31.8 Å². The zero-order valence-corrected chi connectivity index (χ0v) is 20.5. The fourth-order valence-electron chi connectivity index (χ4n) is 3.78. The summed E-state index contributed by atoms with van der Waals surface area (Å²) in [5.41, 5.74) is 0.815. The number of carbonyl (C=O) groups is 1. The second-order valence-electron chi connectivity index (χ2n) is 8.04. The Morgan fingerprint density at radius 1 is 1.00 bits per heavy atom. The van der Waals surface area contributed by atoms with Crippen LogP contribution < -0.4 is 14.8 Å². The lowest BCUT2D eigenvalue weighted by Gasteiger charge is -2.34. The summed E-state index contributed by atoms with van der Waals surface area (Å²) < 4.78 is 49.0. The maximum Gasteiger partial charge on any atom is 0.322 e. The molecule has 2 atom stereocenters. The summed E-state index contributed by atoms with van der Waals surface area (Å²) in [4.78, 5) is 12.7. The van der Waals surface area contributed by atoms with E-state index in [0.29, 0.717) is 17.1 Å². The molecule has 12 heteroatoms. The third-order valence-electron chi connectivity index (χ3n) is 5.42. The molecule has 0 saturated carbocycles. The molecule has 35 heavy (non-hydrogen) atoms. The lowest BCUT2D eigenvalue weighted by molar-refractivity contribution is -0.0440. The first-order valence-electron chi connectivity index (χ1n) is 10.8. The average Bonchev–Trinajstić information content (AvgIpc) is 3.31. The summed E-state index contributed by atoms with van der Waals surface area (Å²) in [5.74, 6) is 0.693. The Kier molecular flexibility index (Phi) is 7.05. The van der Waals surface area contributed by atoms with Gasteiger partial charge in [-0.2, -0.15) is 4.31 Å². The van der Waals surface area contributed by atoms with Gasteiger partial charge in [0.15, 0.2) is 11.5 Å². The quantitative estimate of drug-likeness (QED) is 0.518. The number of ether oxygens (including phenoxy) is 3. The van der Waals surface area contributed by atoms with Gasteiger partial charge in [0.25, 0.3) is 5.91 Å². The molecule has 11 nitrogen and oxygen atoms in total. The minimum absolute atomic E-state index is 0.101. The van der Waals surface area contributed by atoms with E-state index in [2.05, 4.69) is 15.5 Å². The average molecular weight is 503 g/mol. The van der Waals surface area contributed by atoms with Gasteiger partial charge in [-0.25, -0.2) is 8.42 Å². The number of nitrogens with zero attached hydrogens (tertiary/aromatic N) is 3. The van der Waals surface area contributed by atoms with E-state index in [1.54, 1.807) is 18.2 Å². The highest BCUT2D eigenvalue weighted by Crippen LogP contribution is 2.32. The Morgan fingerprint density at radius 2 is 1.66 bits per heavy atom. The molecule has 0 spiro atoms. The monoisotopic (exact) mass is 502 g/mol. The van der Waals surface area contributed by atoms with E-state index in [9.17, 15) is 13.2 Å². The van der Waals surface area contributed by atoms with Gasteiger partial charge in [0.1, 0.15) is 0 Å². The van der Waals surface area contributed by atoms with Crippen molar-refractivity contribution in [3.8, 4) is 23.0 Å². The zero-order valence-electron chi connectivity index (χ0n) is 19.7. The number of benzene rings is 2. The molecule has 1 saturated heterocycles. The first-order chi connectivity index (χ1) is 16.7. The van der Waals surface area contributed by atoms with Gasteiger partial charge in [0.2, 0.25) is 15.9 Å². The van der Waals surface area contributed by atoms with Crippen molar-refractivity contribution in [3.05, 3.63) is 48.0 Å². The second-order valence-corrected chi connectivity index (χ2v) is 9.98. The van der Waals surface area contributed by atoms with Crippen LogP contribution in [0.2, 0.25) is 0 Å². The molecule has 1 aliphatic rings. The molecule has 1 aromatic heterocycles. The smallest absolute Gasteiger partial charge is 0.322 e. The number of rotatable bonds is 7. The fraction of sp³-hybridized carbons (Fsp3) is 0.348. The van der Waals surface area contributed by atoms with Gasteiger partial charge < -0.3 is 18.6 Å². The topological polar surface area (TPSA) is 133 Å². The summed E-state index contributed by atoms with van der Waals surface area (Å²) in [6.45, 7) is 4.21. The van der Waals surface area contributed by atoms with Gasteiger partial charge in [-0.1, -0.05) is 5.10 Å². The number of morpholine rings is 1. The van der Waals surface area contributed by atoms with Crippen LogP contribution in [0.25, 0.3) is 11.5 Å². The molecule has 0 bridgehead atoms. The number of amides is 1. The van der Waals surface area contributed by atoms with E-state index < -0.39 is 15.9 Å². The van der Waals surface area contributed by atoms with Crippen LogP contribution in [0.4, 0.5) is 6.01 Å². The second kappa shape index (κ2) is 10.0. The highest BCUT2D eigenvalue weighted by Gasteiger charge is 2.32. The van der Waals surface area contributed by atoms with E-state index in [1.807, 2.05) is 13.8 Å². The molecule has 4 rings (SSSR count). The third-order valence-corrected chi connectivity index (χ3v) is 7.26. The van der Waals surface area contributed by atoms with Gasteiger partial charge in [-0.3, -0.25) is 10.1 Å². The van der Waals surface area contributed by atoms with Gasteiger partial charge in [-0.15, -0.1) is 5.10 Å². The van der Waals surface area contributed by atoms with Crippen LogP contribution in [0, 0.1) is 0 Å². The lowest BCUT2D eigenvalue weighted by atomic mass is 10.2. The minimum atomic E-state index is -3.71. The number of sulfonamides is 1. The highest BCUT2D eigenvalue weighted by molar-refractivity contribution is 7.89. The maximum absolute atomic E-state index is 13.0. The molecular formula is C23H26N4O7S. The number of nitrogens with one attached hydrogen (secondary N) is 1. The number of carbonyl (C=O) groups excluding carboxylic acids is 1. The summed E-state index contributed by atoms with van der Waals surface area (Å²) in [5, 5.41) is 10.3. The van der Waals surface area contributed by atoms with Gasteiger partial charge in [0, 0.05) is 24.2 Å². The van der Waals surface area contributed by atoms with Crippen LogP contribution in [0.15, 0.2) is 51.8 Å². The molecule has 2 heterocycles. The normalized spacial score (nSPS) is 18.7. The predicted octanol–water partition coefficient (Wildman–Crippen LogP) is 2.80. The number of hydrogen-bond donors (Lipinski definition) is 1. The van der Waals surface area contributed by atoms with Crippen LogP contribution in [0.1, 0.15) is 24.2 Å². The number of anilines is 1. The number of aromatic nitrogens is 2. The van der Waals surface area contributed by atoms with E-state index in [1.165, 1.54) is 42.8 Å². The first-order valence-corrected chi connectivity index (χ1v) is 12.3. The van der Waals surface area contributed by atoms with E-state index >= 15 is 0 Å². The summed E-state index contributed by atoms with van der Waals surface area (Å²) in [7, 11) is -0.661. The van der Waals surface area contributed by atoms with Crippen molar-refractivity contribution >= 4 is 21.9 Å². The zero-order chi connectivity index (χ0) is 25.2. The molecule has 2 aromatic carbocycles. The molecule has 0 aliphatic carbocycles. The molecular weight excluding hydrogens is 476 g/mol. The molecule has 1 N–H and O–H groups in total. The van der Waals surface area contributed by atoms with Crippen LogP contribution in [-0.2, 0) is 14.8 Å². The Labute approximate surface area is 203 Å². The van der Waals surface area contributed by atoms with E-state index in [-0.39, 0.29) is 47.7 Å². The Hall–Kier alpha value is -3.48. The first kappa shape index (κ1) is 24.6. The molecule has 2 unspecified atom stereocenters. The molecule has 3 aromatic rings. The van der Waals surface area contributed by atoms with Gasteiger partial charge >= 0.3 is 6.01 Å². The van der Waals surface area contributed by atoms with Crippen molar-refractivity contribution in [2.45, 2.75) is 31.0 Å². The Bertz CT molecular complexity index is 1300. The van der Waals surface area contributed by atoms with Crippen LogP contribution >= 0.6 is 0 Å². The van der Waals surface area contributed by atoms with Crippen molar-refractivity contribution in [1.82, 2.24) is 14.5 Å². The standard InChI is InChI=1S/C23H26N4O7S/c1-14-12-27(13-15(2)33-14)35(29,30)18-8-5-16(6-9-18)21(28)24-23-26-25-22(34-23)17-7-10-19(31-3)20(11-17)32-4/h5-11,14-15H,12-13H2,1-4H3,(H,24,26,28). The predicted molar refractivity (Wildman–Crippen MR) is 126 cm³/mol. The van der Waals surface area contributed by atoms with Crippen molar-refractivity contribution in [2.75, 3.05) is 32.6 Å². The fourth-order valence-corrected chi connectivity index (χ4v) is 5.37. The highest BCUT2D eigenvalue weighted by atomic mass is 32.2. The largest absolute Gasteiger partial charge is 0.493 e. The summed E-state index contributed by atoms with van der Waals surface area (Å²) in [6, 6.07) is 10.7. The molecule has 0 radical (unpaired) electrons. The van der Waals surface area contributed by atoms with Crippen LogP contribution in [-0.4, -0.2) is 68.3 Å². The van der Waals surface area contributed by atoms with Crippen molar-refractivity contribution in [1.29, 1.82) is 0 Å². The molecule has 1 fully saturated rings. The lowest BCUT2D eigenvalue weighted by Crippen LogP contribution is -2.48. The molecule has 1 aliphatic heterocycles. The number of hydrogen-bond acceptors (Lipinski definition) is 9. The van der Waals surface area contributed by atoms with Crippen molar-refractivity contribution in [2.24, 2.45) is 0 Å². The van der Waals surface area contributed by atoms with Gasteiger partial charge in [0.05, 0.1) is 31.3 Å². The van der Waals surface area contributed by atoms with Gasteiger partial charge in [-0.05, 0) is 56.3 Å². The van der Waals surface area contributed by atoms with Crippen LogP contribution in [0.3, 0.4) is 0 Å². The molecule has 186 valence electrons. The SMILES string of the molecule is COc1ccc(-c2nnc(NC(=O)c3ccc(S(=O)(=O)N4CC(C)OC(C)C4)cc3)o2)cc1OC. The third kappa shape index (κ3) is 5.29. The summed E-state index contributed by atoms with van der Waals surface area (Å²) >= 11 is 0. The number of methoxy groups -OCH3 is 2. The van der Waals surface area contributed by atoms with E-state index in [0.717, 1.165) is 0 Å². The maximum atomic E-state index is 13.0. The van der Waals surface area contributed by atoms with Crippen molar-refractivity contribution in [3.63, 3.8) is 0 Å².